The van der Waals surface area contributed by atoms with Crippen molar-refractivity contribution in [3.05, 3.63) is 16.8 Å². The van der Waals surface area contributed by atoms with Gasteiger partial charge in [-0.2, -0.15) is 0 Å². The van der Waals surface area contributed by atoms with Crippen molar-refractivity contribution in [2.45, 2.75) is 13.3 Å². The second kappa shape index (κ2) is 3.75. The number of hydrogen-bond acceptors (Lipinski definition) is 2. The molecule has 0 aromatic rings. The maximum Gasteiger partial charge on any atom is 0.114 e. The van der Waals surface area contributed by atoms with Crippen molar-refractivity contribution < 1.29 is 0 Å². The molecule has 0 N–H and O–H groups in total. The molecule has 0 atom stereocenters. The van der Waals surface area contributed by atoms with Crippen LogP contribution in [0.3, 0.4) is 0 Å². The lowest BCUT2D eigenvalue weighted by molar-refractivity contribution is 0.473. The van der Waals surface area contributed by atoms with Gasteiger partial charge in [-0.3, -0.25) is 0 Å². The summed E-state index contributed by atoms with van der Waals surface area (Å²) in [5, 5.41) is 1.29. The van der Waals surface area contributed by atoms with Crippen LogP contribution in [0.5, 0.6) is 0 Å². The van der Waals surface area contributed by atoms with E-state index in [1.807, 2.05) is 11.8 Å². The zero-order chi connectivity index (χ0) is 7.40. The number of thioether (sulfide) groups is 1. The van der Waals surface area contributed by atoms with Gasteiger partial charge in [0.2, 0.25) is 0 Å². The Morgan fingerprint density at radius 2 is 2.60 bits per heavy atom. The first kappa shape index (κ1) is 7.77. The van der Waals surface area contributed by atoms with Gasteiger partial charge in [0.25, 0.3) is 0 Å². The average molecular weight is 155 g/mol. The van der Waals surface area contributed by atoms with Crippen molar-refractivity contribution in [3.63, 3.8) is 0 Å². The van der Waals surface area contributed by atoms with E-state index in [0.717, 1.165) is 6.54 Å². The molecule has 0 saturated heterocycles. The summed E-state index contributed by atoms with van der Waals surface area (Å²) in [6.45, 7) is 3.23. The van der Waals surface area contributed by atoms with Crippen LogP contribution in [0.2, 0.25) is 0 Å². The Kier molecular flexibility index (Phi) is 2.91. The summed E-state index contributed by atoms with van der Waals surface area (Å²) in [6, 6.07) is 0. The molecule has 0 saturated carbocycles. The van der Waals surface area contributed by atoms with Crippen LogP contribution in [0, 0.1) is 0 Å². The predicted octanol–water partition coefficient (Wildman–Crippen LogP) is 2.07. The van der Waals surface area contributed by atoms with E-state index in [1.165, 1.54) is 17.2 Å². The van der Waals surface area contributed by atoms with Crippen LogP contribution < -0.4 is 0 Å². The highest BCUT2D eigenvalue weighted by atomic mass is 32.2. The van der Waals surface area contributed by atoms with E-state index in [2.05, 4.69) is 30.7 Å². The van der Waals surface area contributed by atoms with Gasteiger partial charge in [0.05, 0.1) is 0 Å². The van der Waals surface area contributed by atoms with E-state index < -0.39 is 0 Å². The van der Waals surface area contributed by atoms with E-state index in [4.69, 9.17) is 0 Å². The van der Waals surface area contributed by atoms with Gasteiger partial charge in [-0.1, -0.05) is 17.5 Å². The first-order chi connectivity index (χ1) is 4.84. The predicted molar refractivity (Wildman–Crippen MR) is 47.0 cm³/mol. The number of hydrogen-bond donors (Lipinski definition) is 0. The molecule has 1 aliphatic heterocycles. The molecule has 0 unspecified atom stereocenters. The number of allylic oxidation sites excluding steroid dienone is 1. The topological polar surface area (TPSA) is 3.24 Å². The van der Waals surface area contributed by atoms with Crippen LogP contribution in [0.25, 0.3) is 0 Å². The Balaban J connectivity index is 2.61. The summed E-state index contributed by atoms with van der Waals surface area (Å²) < 4.78 is 0. The summed E-state index contributed by atoms with van der Waals surface area (Å²) in [6.07, 6.45) is 3.30. The lowest BCUT2D eigenvalue weighted by Gasteiger charge is -2.19. The summed E-state index contributed by atoms with van der Waals surface area (Å²) in [4.78, 5) is 2.22. The molecule has 0 radical (unpaired) electrons. The van der Waals surface area contributed by atoms with Gasteiger partial charge < -0.3 is 4.90 Å². The zero-order valence-electron chi connectivity index (χ0n) is 6.55. The SMILES string of the molecule is CCN(C)C1=C=CCCS1. The van der Waals surface area contributed by atoms with Gasteiger partial charge in [0.1, 0.15) is 5.03 Å². The summed E-state index contributed by atoms with van der Waals surface area (Å²) in [7, 11) is 2.11. The van der Waals surface area contributed by atoms with Crippen LogP contribution in [0.1, 0.15) is 13.3 Å². The van der Waals surface area contributed by atoms with Crippen molar-refractivity contribution >= 4 is 11.8 Å². The minimum absolute atomic E-state index is 1.07. The van der Waals surface area contributed by atoms with Crippen LogP contribution in [-0.4, -0.2) is 24.2 Å². The molecule has 10 heavy (non-hydrogen) atoms. The molecule has 0 aromatic carbocycles. The third-order valence-corrected chi connectivity index (χ3v) is 2.69. The molecule has 0 fully saturated rings. The summed E-state index contributed by atoms with van der Waals surface area (Å²) in [5.74, 6) is 1.21. The van der Waals surface area contributed by atoms with Crippen molar-refractivity contribution in [1.82, 2.24) is 4.90 Å². The van der Waals surface area contributed by atoms with Crippen LogP contribution >= 0.6 is 11.8 Å². The molecule has 0 spiro atoms. The zero-order valence-corrected chi connectivity index (χ0v) is 7.37. The van der Waals surface area contributed by atoms with E-state index in [9.17, 15) is 0 Å². The van der Waals surface area contributed by atoms with E-state index in [-0.39, 0.29) is 0 Å². The highest BCUT2D eigenvalue weighted by Gasteiger charge is 2.03. The van der Waals surface area contributed by atoms with Gasteiger partial charge in [0.15, 0.2) is 0 Å². The molecule has 0 amide bonds. The highest BCUT2D eigenvalue weighted by molar-refractivity contribution is 8.03. The highest BCUT2D eigenvalue weighted by Crippen LogP contribution is 2.21. The maximum absolute atomic E-state index is 3.25. The summed E-state index contributed by atoms with van der Waals surface area (Å²) in [5.41, 5.74) is 3.25. The minimum Gasteiger partial charge on any atom is -0.363 e. The Bertz CT molecular complexity index is 168. The average Bonchev–Trinajstić information content (AvgIpc) is 2.05. The Morgan fingerprint density at radius 3 is 3.10 bits per heavy atom. The molecule has 1 rings (SSSR count). The molecule has 2 heteroatoms. The quantitative estimate of drug-likeness (QED) is 0.562. The fraction of sp³-hybridized carbons (Fsp3) is 0.625. The fourth-order valence-electron chi connectivity index (χ4n) is 0.780. The largest absolute Gasteiger partial charge is 0.363 e. The van der Waals surface area contributed by atoms with E-state index in [0.29, 0.717) is 0 Å². The molecular formula is C8H13NS. The lowest BCUT2D eigenvalue weighted by Crippen LogP contribution is -2.15. The van der Waals surface area contributed by atoms with E-state index in [1.54, 1.807) is 0 Å². The van der Waals surface area contributed by atoms with Crippen molar-refractivity contribution in [2.24, 2.45) is 0 Å². The third-order valence-electron chi connectivity index (χ3n) is 1.55. The first-order valence-electron chi connectivity index (χ1n) is 3.63. The van der Waals surface area contributed by atoms with E-state index >= 15 is 0 Å². The molecule has 0 aromatic heterocycles. The monoisotopic (exact) mass is 155 g/mol. The Hall–Kier alpha value is -0.330. The van der Waals surface area contributed by atoms with Gasteiger partial charge in [-0.15, -0.1) is 0 Å². The molecule has 1 heterocycles. The van der Waals surface area contributed by atoms with Gasteiger partial charge >= 0.3 is 0 Å². The van der Waals surface area contributed by atoms with Gasteiger partial charge in [-0.25, -0.2) is 0 Å². The third kappa shape index (κ3) is 1.83. The van der Waals surface area contributed by atoms with Crippen molar-refractivity contribution in [1.29, 1.82) is 0 Å². The second-order valence-corrected chi connectivity index (χ2v) is 3.39. The van der Waals surface area contributed by atoms with Crippen molar-refractivity contribution in [3.8, 4) is 0 Å². The maximum atomic E-state index is 3.25. The smallest absolute Gasteiger partial charge is 0.114 e. The molecule has 1 aliphatic rings. The standard InChI is InChI=1S/C8H13NS/c1-3-9(2)8-6-4-5-7-10-8/h4H,3,5,7H2,1-2H3. The molecule has 0 bridgehead atoms. The first-order valence-corrected chi connectivity index (χ1v) is 4.62. The normalized spacial score (nSPS) is 16.8. The molecular weight excluding hydrogens is 142 g/mol. The van der Waals surface area contributed by atoms with Crippen LogP contribution in [0.15, 0.2) is 16.8 Å². The Morgan fingerprint density at radius 1 is 1.80 bits per heavy atom. The number of nitrogens with zero attached hydrogens (tertiary/aromatic N) is 1. The number of rotatable bonds is 2. The van der Waals surface area contributed by atoms with Crippen molar-refractivity contribution in [2.75, 3.05) is 19.3 Å². The second-order valence-electron chi connectivity index (χ2n) is 2.30. The van der Waals surface area contributed by atoms with Crippen LogP contribution in [0.4, 0.5) is 0 Å². The molecule has 1 nitrogen and oxygen atoms in total. The Labute approximate surface area is 66.8 Å². The molecule has 0 aliphatic carbocycles. The lowest BCUT2D eigenvalue weighted by atomic mass is 10.4. The fourth-order valence-corrected chi connectivity index (χ4v) is 1.72. The van der Waals surface area contributed by atoms with Crippen LogP contribution in [-0.2, 0) is 0 Å². The summed E-state index contributed by atoms with van der Waals surface area (Å²) >= 11 is 1.90. The minimum atomic E-state index is 1.07. The van der Waals surface area contributed by atoms with Gasteiger partial charge in [-0.05, 0) is 19.4 Å². The van der Waals surface area contributed by atoms with Gasteiger partial charge in [0, 0.05) is 19.3 Å². The molecule has 56 valence electrons.